The lowest BCUT2D eigenvalue weighted by atomic mass is 9.97. The van der Waals surface area contributed by atoms with Crippen LogP contribution in [0.4, 0.5) is 4.79 Å². The Hall–Kier alpha value is -0.380. The molecule has 0 spiro atoms. The van der Waals surface area contributed by atoms with E-state index in [4.69, 9.17) is 4.74 Å². The summed E-state index contributed by atoms with van der Waals surface area (Å²) in [6, 6.07) is 0. The molecule has 92 valence electrons. The van der Waals surface area contributed by atoms with Gasteiger partial charge in [-0.3, -0.25) is 3.53 Å². The first-order valence-corrected chi connectivity index (χ1v) is 5.90. The first-order valence-electron chi connectivity index (χ1n) is 4.82. The molecule has 0 radical (unpaired) electrons. The second kappa shape index (κ2) is 6.38. The molecule has 0 bridgehead atoms. The van der Waals surface area contributed by atoms with Gasteiger partial charge in [0.2, 0.25) is 0 Å². The van der Waals surface area contributed by atoms with Crippen LogP contribution in [0, 0.1) is 0 Å². The molecule has 1 aliphatic carbocycles. The molecule has 7 heteroatoms. The molecular formula is C9H14INO5. The minimum absolute atomic E-state index is 0.0723. The smallest absolute Gasteiger partial charge is 0.416 e. The van der Waals surface area contributed by atoms with Gasteiger partial charge in [-0.15, -0.1) is 0 Å². The van der Waals surface area contributed by atoms with Crippen molar-refractivity contribution in [1.82, 2.24) is 3.53 Å². The molecule has 0 aromatic carbocycles. The molecule has 0 saturated heterocycles. The fourth-order valence-electron chi connectivity index (χ4n) is 1.46. The van der Waals surface area contributed by atoms with Crippen LogP contribution in [0.15, 0.2) is 12.2 Å². The number of ether oxygens (including phenoxy) is 1. The van der Waals surface area contributed by atoms with Gasteiger partial charge >= 0.3 is 6.09 Å². The van der Waals surface area contributed by atoms with E-state index >= 15 is 0 Å². The van der Waals surface area contributed by atoms with Crippen LogP contribution in [0.2, 0.25) is 0 Å². The number of carbonyl (C=O) groups is 1. The van der Waals surface area contributed by atoms with Gasteiger partial charge in [-0.05, 0) is 6.08 Å². The van der Waals surface area contributed by atoms with Gasteiger partial charge in [0.05, 0.1) is 41.2 Å². The highest BCUT2D eigenvalue weighted by molar-refractivity contribution is 14.1. The molecule has 0 aromatic rings. The minimum atomic E-state index is -1.02. The highest BCUT2D eigenvalue weighted by atomic mass is 127. The maximum atomic E-state index is 11.0. The number of amides is 1. The van der Waals surface area contributed by atoms with Crippen molar-refractivity contribution in [3.8, 4) is 0 Å². The van der Waals surface area contributed by atoms with Crippen LogP contribution in [0.1, 0.15) is 12.8 Å². The SMILES string of the molecule is O=C(NI)OC1/C=C/C(O)CC(O)C(O)C1. The Bertz CT molecular complexity index is 273. The van der Waals surface area contributed by atoms with Crippen molar-refractivity contribution in [2.24, 2.45) is 0 Å². The number of halogens is 1. The van der Waals surface area contributed by atoms with Gasteiger partial charge in [0.25, 0.3) is 0 Å². The average molecular weight is 343 g/mol. The molecule has 16 heavy (non-hydrogen) atoms. The Balaban J connectivity index is 2.65. The Labute approximate surface area is 107 Å². The molecule has 1 amide bonds. The van der Waals surface area contributed by atoms with Crippen molar-refractivity contribution < 1.29 is 24.9 Å². The summed E-state index contributed by atoms with van der Waals surface area (Å²) in [5.41, 5.74) is 0. The van der Waals surface area contributed by atoms with Crippen LogP contribution in [0.25, 0.3) is 0 Å². The first kappa shape index (κ1) is 13.7. The standard InChI is InChI=1S/C9H14INO5/c10-11-9(15)16-6-2-1-5(12)3-7(13)8(14)4-6/h1-2,5-8,12-14H,3-4H2,(H,11,15)/b2-1+. The number of hydrogen-bond acceptors (Lipinski definition) is 5. The summed E-state index contributed by atoms with van der Waals surface area (Å²) >= 11 is 1.63. The molecule has 4 atom stereocenters. The molecule has 0 saturated carbocycles. The molecule has 0 aromatic heterocycles. The monoisotopic (exact) mass is 343 g/mol. The summed E-state index contributed by atoms with van der Waals surface area (Å²) in [6.45, 7) is 0. The van der Waals surface area contributed by atoms with Gasteiger partial charge in [0.15, 0.2) is 0 Å². The van der Waals surface area contributed by atoms with E-state index in [0.29, 0.717) is 0 Å². The summed E-state index contributed by atoms with van der Waals surface area (Å²) in [4.78, 5) is 11.0. The average Bonchev–Trinajstić information content (AvgIpc) is 2.24. The van der Waals surface area contributed by atoms with E-state index in [1.165, 1.54) is 12.2 Å². The van der Waals surface area contributed by atoms with E-state index < -0.39 is 30.5 Å². The highest BCUT2D eigenvalue weighted by Gasteiger charge is 2.26. The Kier molecular flexibility index (Phi) is 5.46. The topological polar surface area (TPSA) is 99.0 Å². The first-order chi connectivity index (χ1) is 7.52. The van der Waals surface area contributed by atoms with Gasteiger partial charge in [-0.1, -0.05) is 6.08 Å². The van der Waals surface area contributed by atoms with Gasteiger partial charge in [-0.25, -0.2) is 4.79 Å². The summed E-state index contributed by atoms with van der Waals surface area (Å²) in [6.07, 6.45) is -1.05. The van der Waals surface area contributed by atoms with Crippen LogP contribution >= 0.6 is 22.9 Å². The molecule has 6 nitrogen and oxygen atoms in total. The molecular weight excluding hydrogens is 329 g/mol. The van der Waals surface area contributed by atoms with E-state index in [1.807, 2.05) is 0 Å². The predicted octanol–water partition coefficient (Wildman–Crippen LogP) is -0.136. The number of aliphatic hydroxyl groups is 3. The lowest BCUT2D eigenvalue weighted by Crippen LogP contribution is -2.36. The summed E-state index contributed by atoms with van der Waals surface area (Å²) in [5.74, 6) is 0. The zero-order valence-electron chi connectivity index (χ0n) is 8.41. The molecule has 1 aliphatic rings. The number of hydrogen-bond donors (Lipinski definition) is 4. The molecule has 4 unspecified atom stereocenters. The number of nitrogens with one attached hydrogen (secondary N) is 1. The summed E-state index contributed by atoms with van der Waals surface area (Å²) in [7, 11) is 0. The Morgan fingerprint density at radius 3 is 2.50 bits per heavy atom. The van der Waals surface area contributed by atoms with Gasteiger partial charge in [-0.2, -0.15) is 0 Å². The Morgan fingerprint density at radius 1 is 1.25 bits per heavy atom. The van der Waals surface area contributed by atoms with E-state index in [-0.39, 0.29) is 12.8 Å². The van der Waals surface area contributed by atoms with E-state index in [2.05, 4.69) is 3.53 Å². The minimum Gasteiger partial charge on any atom is -0.441 e. The lowest BCUT2D eigenvalue weighted by molar-refractivity contribution is -0.0280. The third-order valence-electron chi connectivity index (χ3n) is 2.28. The molecule has 0 fully saturated rings. The van der Waals surface area contributed by atoms with Crippen LogP contribution in [0.5, 0.6) is 0 Å². The van der Waals surface area contributed by atoms with E-state index in [0.717, 1.165) is 0 Å². The molecule has 4 N–H and O–H groups in total. The van der Waals surface area contributed by atoms with Crippen molar-refractivity contribution in [2.75, 3.05) is 0 Å². The fourth-order valence-corrected chi connectivity index (χ4v) is 1.58. The predicted molar refractivity (Wildman–Crippen MR) is 63.8 cm³/mol. The van der Waals surface area contributed by atoms with Gasteiger partial charge < -0.3 is 20.1 Å². The Morgan fingerprint density at radius 2 is 1.88 bits per heavy atom. The maximum Gasteiger partial charge on any atom is 0.416 e. The number of aliphatic hydroxyl groups excluding tert-OH is 3. The molecule has 0 aliphatic heterocycles. The van der Waals surface area contributed by atoms with Crippen molar-refractivity contribution in [2.45, 2.75) is 37.3 Å². The normalized spacial score (nSPS) is 37.0. The zero-order valence-corrected chi connectivity index (χ0v) is 10.6. The molecule has 0 heterocycles. The molecule has 1 rings (SSSR count). The zero-order chi connectivity index (χ0) is 12.1. The number of carbonyl (C=O) groups excluding carboxylic acids is 1. The van der Waals surface area contributed by atoms with E-state index in [1.54, 1.807) is 22.9 Å². The highest BCUT2D eigenvalue weighted by Crippen LogP contribution is 2.16. The summed E-state index contributed by atoms with van der Waals surface area (Å²) in [5, 5.41) is 28.4. The van der Waals surface area contributed by atoms with Crippen molar-refractivity contribution in [3.05, 3.63) is 12.2 Å². The van der Waals surface area contributed by atoms with Crippen LogP contribution in [-0.4, -0.2) is 45.8 Å². The van der Waals surface area contributed by atoms with Gasteiger partial charge in [0, 0.05) is 12.8 Å². The van der Waals surface area contributed by atoms with E-state index in [9.17, 15) is 20.1 Å². The maximum absolute atomic E-state index is 11.0. The van der Waals surface area contributed by atoms with Crippen LogP contribution in [0.3, 0.4) is 0 Å². The number of rotatable bonds is 1. The van der Waals surface area contributed by atoms with Crippen LogP contribution in [-0.2, 0) is 4.74 Å². The van der Waals surface area contributed by atoms with Crippen molar-refractivity contribution in [1.29, 1.82) is 0 Å². The van der Waals surface area contributed by atoms with Crippen molar-refractivity contribution >= 4 is 29.0 Å². The third kappa shape index (κ3) is 4.24. The second-order valence-corrected chi connectivity index (χ2v) is 4.14. The largest absolute Gasteiger partial charge is 0.441 e. The fraction of sp³-hybridized carbons (Fsp3) is 0.667. The van der Waals surface area contributed by atoms with Gasteiger partial charge in [0.1, 0.15) is 6.10 Å². The third-order valence-corrected chi connectivity index (χ3v) is 2.72. The summed E-state index contributed by atoms with van der Waals surface area (Å²) < 4.78 is 7.17. The second-order valence-electron chi connectivity index (χ2n) is 3.60. The lowest BCUT2D eigenvalue weighted by Gasteiger charge is -2.25. The van der Waals surface area contributed by atoms with Crippen LogP contribution < -0.4 is 3.53 Å². The van der Waals surface area contributed by atoms with Crippen molar-refractivity contribution in [3.63, 3.8) is 0 Å². The quantitative estimate of drug-likeness (QED) is 0.302.